The molecule has 0 bridgehead atoms. The second-order valence-corrected chi connectivity index (χ2v) is 17.9. The molecule has 0 aromatic heterocycles. The summed E-state index contributed by atoms with van der Waals surface area (Å²) in [5.74, 6) is 1.04. The van der Waals surface area contributed by atoms with Crippen LogP contribution in [0.1, 0.15) is 99.8 Å². The first-order chi connectivity index (χ1) is 22.9. The van der Waals surface area contributed by atoms with Crippen molar-refractivity contribution in [2.45, 2.75) is 141 Å². The average molecular weight is 685 g/mol. The van der Waals surface area contributed by atoms with Crippen LogP contribution in [0.25, 0.3) is 0 Å². The zero-order valence-electron chi connectivity index (χ0n) is 30.1. The Hall–Kier alpha value is -2.31. The number of rotatable bonds is 7. The second kappa shape index (κ2) is 11.3. The Bertz CT molecular complexity index is 1480. The molecule has 5 aliphatic carbocycles. The highest BCUT2D eigenvalue weighted by Gasteiger charge is 2.85. The van der Waals surface area contributed by atoms with Crippen LogP contribution in [0.15, 0.2) is 24.3 Å². The largest absolute Gasteiger partial charge is 0.514 e. The molecule has 1 saturated heterocycles. The van der Waals surface area contributed by atoms with E-state index in [9.17, 15) is 25.1 Å². The zero-order chi connectivity index (χ0) is 35.5. The fourth-order valence-electron chi connectivity index (χ4n) is 13.2. The number of carbonyl (C=O) groups is 1. The summed E-state index contributed by atoms with van der Waals surface area (Å²) in [4.78, 5) is 23.5. The molecule has 0 amide bonds. The van der Waals surface area contributed by atoms with Gasteiger partial charge in [0.2, 0.25) is 0 Å². The molecular weight excluding hydrogens is 628 g/mol. The highest BCUT2D eigenvalue weighted by atomic mass is 16.7. The van der Waals surface area contributed by atoms with Crippen molar-refractivity contribution in [1.29, 1.82) is 0 Å². The van der Waals surface area contributed by atoms with E-state index in [0.29, 0.717) is 18.9 Å². The van der Waals surface area contributed by atoms with Gasteiger partial charge in [-0.1, -0.05) is 27.7 Å². The van der Waals surface area contributed by atoms with Gasteiger partial charge < -0.3 is 34.9 Å². The Morgan fingerprint density at radius 2 is 1.76 bits per heavy atom. The maximum absolute atomic E-state index is 13.0. The van der Waals surface area contributed by atoms with E-state index in [1.54, 1.807) is 13.8 Å². The summed E-state index contributed by atoms with van der Waals surface area (Å²) in [5, 5.41) is 34.4. The normalized spacial score (nSPS) is 45.4. The van der Waals surface area contributed by atoms with Gasteiger partial charge in [0.1, 0.15) is 18.0 Å². The fourth-order valence-corrected chi connectivity index (χ4v) is 13.2. The van der Waals surface area contributed by atoms with Crippen molar-refractivity contribution in [3.8, 4) is 5.75 Å². The van der Waals surface area contributed by atoms with Crippen molar-refractivity contribution in [2.24, 2.45) is 51.1 Å². The molecule has 5 saturated carbocycles. The number of nitrogens with zero attached hydrogens (tertiary/aromatic N) is 1. The third-order valence-corrected chi connectivity index (χ3v) is 15.1. The van der Waals surface area contributed by atoms with Crippen LogP contribution in [-0.2, 0) is 14.2 Å². The number of nitro groups is 1. The standard InChI is InChI=1S/C38H56N2O9/c1-8-46-31(34(5,6)43)24-19-21(2)28-29(48-24)30(41)38(39)26-14-13-25-33(3,4)27(15-16-36(25)20-37(26,36)18-17-35(28,38)7)49-32(42)47-23-11-9-22(10-12-23)40(44)45/h9-12,21,24-31,41,43H,8,13-20,39H2,1-7H3/t21-,24-,25+,26-,27+,28+,29+,30+,31+,35-,36-,37+,38+/m1/s1. The van der Waals surface area contributed by atoms with Gasteiger partial charge in [0.05, 0.1) is 34.4 Å². The van der Waals surface area contributed by atoms with Gasteiger partial charge in [-0.05, 0) is 124 Å². The zero-order valence-corrected chi connectivity index (χ0v) is 30.1. The van der Waals surface area contributed by atoms with Crippen molar-refractivity contribution in [2.75, 3.05) is 6.61 Å². The number of fused-ring (bicyclic) bond motifs is 4. The topological polar surface area (TPSA) is 164 Å². The molecule has 6 fully saturated rings. The summed E-state index contributed by atoms with van der Waals surface area (Å²) in [7, 11) is 0. The number of hydrogen-bond acceptors (Lipinski definition) is 10. The van der Waals surface area contributed by atoms with Crippen molar-refractivity contribution in [1.82, 2.24) is 0 Å². The Morgan fingerprint density at radius 1 is 1.10 bits per heavy atom. The maximum Gasteiger partial charge on any atom is 0.514 e. The van der Waals surface area contributed by atoms with E-state index >= 15 is 0 Å². The Morgan fingerprint density at radius 3 is 2.39 bits per heavy atom. The molecule has 2 spiro atoms. The summed E-state index contributed by atoms with van der Waals surface area (Å²) in [6.45, 7) is 14.9. The highest BCUT2D eigenvalue weighted by molar-refractivity contribution is 5.64. The molecule has 1 aromatic carbocycles. The maximum atomic E-state index is 13.0. The lowest BCUT2D eigenvalue weighted by molar-refractivity contribution is -0.384. The van der Waals surface area contributed by atoms with Crippen LogP contribution >= 0.6 is 0 Å². The molecular formula is C38H56N2O9. The summed E-state index contributed by atoms with van der Waals surface area (Å²) in [6.07, 6.45) is 4.13. The lowest BCUT2D eigenvalue weighted by Crippen LogP contribution is -2.70. The molecule has 11 nitrogen and oxygen atoms in total. The van der Waals surface area contributed by atoms with Gasteiger partial charge in [-0.3, -0.25) is 10.1 Å². The molecule has 1 heterocycles. The van der Waals surface area contributed by atoms with E-state index in [-0.39, 0.29) is 63.1 Å². The van der Waals surface area contributed by atoms with E-state index < -0.39 is 40.5 Å². The van der Waals surface area contributed by atoms with Crippen molar-refractivity contribution in [3.63, 3.8) is 0 Å². The van der Waals surface area contributed by atoms with Crippen LogP contribution in [0.5, 0.6) is 5.75 Å². The molecule has 0 radical (unpaired) electrons. The fraction of sp³-hybridized carbons (Fsp3) is 0.816. The van der Waals surface area contributed by atoms with Gasteiger partial charge in [0.15, 0.2) is 0 Å². The number of ether oxygens (including phenoxy) is 4. The number of hydrogen-bond donors (Lipinski definition) is 3. The van der Waals surface area contributed by atoms with Gasteiger partial charge in [-0.25, -0.2) is 4.79 Å². The van der Waals surface area contributed by atoms with E-state index in [4.69, 9.17) is 24.7 Å². The van der Waals surface area contributed by atoms with Crippen LogP contribution in [0.2, 0.25) is 0 Å². The third kappa shape index (κ3) is 4.81. The first kappa shape index (κ1) is 35.1. The lowest BCUT2D eigenvalue weighted by Gasteiger charge is -2.63. The Balaban J connectivity index is 1.10. The van der Waals surface area contributed by atoms with E-state index in [1.165, 1.54) is 24.3 Å². The quantitative estimate of drug-likeness (QED) is 0.131. The molecule has 272 valence electrons. The molecule has 7 rings (SSSR count). The predicted molar refractivity (Wildman–Crippen MR) is 181 cm³/mol. The SMILES string of the molecule is CCO[C@@H]([C@H]1C[C@@H](C)[C@H]2[C@H](O1)[C@H](O)[C@@]1(N)[C@@H]3CC[C@H]4C(C)(C)[C@@H](OC(=O)Oc5ccc([N+](=O)[O-])cc5)CC[C@@]45C[C@@]35CC[C@]21C)C(C)(C)O. The number of nitrogens with two attached hydrogens (primary N) is 1. The molecule has 13 atom stereocenters. The summed E-state index contributed by atoms with van der Waals surface area (Å²) >= 11 is 0. The monoisotopic (exact) mass is 684 g/mol. The summed E-state index contributed by atoms with van der Waals surface area (Å²) in [6, 6.07) is 5.41. The van der Waals surface area contributed by atoms with E-state index in [0.717, 1.165) is 44.9 Å². The van der Waals surface area contributed by atoms with Gasteiger partial charge in [0, 0.05) is 24.2 Å². The first-order valence-corrected chi connectivity index (χ1v) is 18.5. The molecule has 4 N–H and O–H groups in total. The molecule has 11 heteroatoms. The molecule has 0 unspecified atom stereocenters. The van der Waals surface area contributed by atoms with E-state index in [1.807, 2.05) is 6.92 Å². The number of non-ortho nitro benzene ring substituents is 1. The smallest absolute Gasteiger partial charge is 0.430 e. The summed E-state index contributed by atoms with van der Waals surface area (Å²) < 4.78 is 24.3. The number of benzene rings is 1. The van der Waals surface area contributed by atoms with Crippen LogP contribution < -0.4 is 10.5 Å². The summed E-state index contributed by atoms with van der Waals surface area (Å²) in [5.41, 5.74) is 5.29. The van der Waals surface area contributed by atoms with Crippen molar-refractivity contribution < 1.29 is 38.9 Å². The minimum atomic E-state index is -1.09. The van der Waals surface area contributed by atoms with Gasteiger partial charge in [-0.2, -0.15) is 0 Å². The van der Waals surface area contributed by atoms with Gasteiger partial charge in [-0.15, -0.1) is 0 Å². The predicted octanol–water partition coefficient (Wildman–Crippen LogP) is 6.16. The number of aliphatic hydroxyl groups excluding tert-OH is 1. The van der Waals surface area contributed by atoms with Gasteiger partial charge >= 0.3 is 6.16 Å². The van der Waals surface area contributed by atoms with Crippen molar-refractivity contribution in [3.05, 3.63) is 34.4 Å². The average Bonchev–Trinajstić information content (AvgIpc) is 3.65. The van der Waals surface area contributed by atoms with Crippen molar-refractivity contribution >= 4 is 11.8 Å². The van der Waals surface area contributed by atoms with E-state index in [2.05, 4.69) is 27.7 Å². The first-order valence-electron chi connectivity index (χ1n) is 18.5. The second-order valence-electron chi connectivity index (χ2n) is 17.9. The van der Waals surface area contributed by atoms with Crippen LogP contribution in [-0.4, -0.2) is 69.6 Å². The Labute approximate surface area is 289 Å². The molecule has 1 aromatic rings. The number of nitro benzene ring substituents is 1. The third-order valence-electron chi connectivity index (χ3n) is 15.1. The number of carbonyl (C=O) groups excluding carboxylic acids is 1. The number of aliphatic hydroxyl groups is 2. The molecule has 49 heavy (non-hydrogen) atoms. The highest BCUT2D eigenvalue weighted by Crippen LogP contribution is 2.87. The minimum Gasteiger partial charge on any atom is -0.430 e. The van der Waals surface area contributed by atoms with Gasteiger partial charge in [0.25, 0.3) is 5.69 Å². The lowest BCUT2D eigenvalue weighted by atomic mass is 9.43. The minimum absolute atomic E-state index is 0.0315. The Kier molecular flexibility index (Phi) is 8.13. The van der Waals surface area contributed by atoms with Crippen LogP contribution in [0.4, 0.5) is 10.5 Å². The molecule has 6 aliphatic rings. The van der Waals surface area contributed by atoms with Crippen LogP contribution in [0, 0.1) is 55.4 Å². The molecule has 1 aliphatic heterocycles. The van der Waals surface area contributed by atoms with Crippen LogP contribution in [0.3, 0.4) is 0 Å².